The number of rotatable bonds is 9. The van der Waals surface area contributed by atoms with E-state index in [0.717, 1.165) is 51.4 Å². The maximum Gasteiger partial charge on any atom is 0.338 e. The highest BCUT2D eigenvalue weighted by atomic mass is 16.7. The van der Waals surface area contributed by atoms with Crippen LogP contribution in [0.15, 0.2) is 96.2 Å². The summed E-state index contributed by atoms with van der Waals surface area (Å²) in [6.45, 7) is 8.22. The predicted molar refractivity (Wildman–Crippen MR) is 218 cm³/mol. The first-order valence-electron chi connectivity index (χ1n) is 21.4. The Bertz CT molecular complexity index is 2010. The first-order valence-corrected chi connectivity index (χ1v) is 21.4. The monoisotopic (exact) mass is 807 g/mol. The standard InChI is InChI=1S/C48H57NO10/c1-29(49-54)36-24-27-48(53)38-21-20-34-28-35(22-25-46(34,3)37(38)23-26-47(36,48)4)56-45-41(59-44(52)33-18-12-7-13-19-33)40(58-43(51)32-16-10-6-11-17-32)39(30(2)55-45)57-42(50)31-14-8-5-9-15-31/h5-19,30,34-41,45,53-54H,20-28H2,1-4H3/b49-29+/t30-,34+,35-,36+,37-,38+,39-,40+,41+,45+,46-,47+,48-/m0/s1. The number of carbonyl (C=O) groups excluding carboxylic acids is 3. The molecular formula is C48H57NO10. The van der Waals surface area contributed by atoms with E-state index in [0.29, 0.717) is 35.1 Å². The van der Waals surface area contributed by atoms with Crippen molar-refractivity contribution in [1.82, 2.24) is 0 Å². The average Bonchev–Trinajstić information content (AvgIpc) is 3.54. The molecule has 4 saturated carbocycles. The fraction of sp³-hybridized carbons (Fsp3) is 0.542. The van der Waals surface area contributed by atoms with Gasteiger partial charge in [0.2, 0.25) is 0 Å². The molecule has 1 aliphatic heterocycles. The van der Waals surface area contributed by atoms with E-state index in [9.17, 15) is 24.7 Å². The number of carbonyl (C=O) groups is 3. The van der Waals surface area contributed by atoms with Crippen LogP contribution in [0.2, 0.25) is 0 Å². The molecule has 11 nitrogen and oxygen atoms in total. The molecular weight excluding hydrogens is 751 g/mol. The van der Waals surface area contributed by atoms with Crippen LogP contribution in [0.25, 0.3) is 0 Å². The van der Waals surface area contributed by atoms with Gasteiger partial charge in [-0.05, 0) is 131 Å². The Kier molecular flexibility index (Phi) is 11.5. The smallest absolute Gasteiger partial charge is 0.338 e. The van der Waals surface area contributed by atoms with Gasteiger partial charge in [0.05, 0.1) is 40.2 Å². The fourth-order valence-corrected chi connectivity index (χ4v) is 12.0. The number of ether oxygens (including phenoxy) is 5. The third-order valence-electron chi connectivity index (χ3n) is 15.3. The molecule has 314 valence electrons. The SMILES string of the molecule is C/C(=N\O)[C@H]1CC[C@]2(O)[C@@H]3CC[C@@H]4C[C@@H](O[C@H]5O[C@@H](C)[C@H](OC(=O)c6ccccc6)[C@@H](OC(=O)c6ccccc6)[C@H]5OC(=O)c5ccccc5)CC[C@]4(C)[C@H]3CC[C@]12C. The quantitative estimate of drug-likeness (QED) is 0.0539. The van der Waals surface area contributed by atoms with E-state index < -0.39 is 54.2 Å². The van der Waals surface area contributed by atoms with Gasteiger partial charge >= 0.3 is 17.9 Å². The molecule has 1 heterocycles. The number of benzene rings is 3. The molecule has 4 aliphatic carbocycles. The van der Waals surface area contributed by atoms with Crippen LogP contribution in [0, 0.1) is 34.5 Å². The molecule has 8 rings (SSSR count). The second-order valence-corrected chi connectivity index (χ2v) is 18.2. The third-order valence-corrected chi connectivity index (χ3v) is 15.3. The molecule has 0 bridgehead atoms. The van der Waals surface area contributed by atoms with E-state index in [1.165, 1.54) is 0 Å². The number of aliphatic hydroxyl groups is 1. The van der Waals surface area contributed by atoms with Crippen molar-refractivity contribution in [3.8, 4) is 0 Å². The van der Waals surface area contributed by atoms with Gasteiger partial charge in [-0.3, -0.25) is 0 Å². The van der Waals surface area contributed by atoms with Gasteiger partial charge < -0.3 is 34.0 Å². The minimum absolute atomic E-state index is 0.0115. The van der Waals surface area contributed by atoms with Crippen LogP contribution in [0.3, 0.4) is 0 Å². The zero-order chi connectivity index (χ0) is 41.5. The van der Waals surface area contributed by atoms with Crippen LogP contribution in [0.5, 0.6) is 0 Å². The van der Waals surface area contributed by atoms with E-state index in [1.54, 1.807) is 97.9 Å². The zero-order valence-corrected chi connectivity index (χ0v) is 34.4. The Hall–Kier alpha value is -4.58. The normalized spacial score (nSPS) is 37.9. The molecule has 0 unspecified atom stereocenters. The lowest BCUT2D eigenvalue weighted by Gasteiger charge is -2.63. The number of oxime groups is 1. The Morgan fingerprint density at radius 2 is 1.22 bits per heavy atom. The van der Waals surface area contributed by atoms with E-state index in [2.05, 4.69) is 19.0 Å². The first kappa shape index (κ1) is 41.2. The number of hydrogen-bond acceptors (Lipinski definition) is 11. The molecule has 1 saturated heterocycles. The average molecular weight is 808 g/mol. The van der Waals surface area contributed by atoms with Crippen molar-refractivity contribution in [3.63, 3.8) is 0 Å². The van der Waals surface area contributed by atoms with E-state index >= 15 is 0 Å². The summed E-state index contributed by atoms with van der Waals surface area (Å²) in [5, 5.41) is 25.9. The summed E-state index contributed by atoms with van der Waals surface area (Å²) in [6.07, 6.45) is 1.69. The molecule has 59 heavy (non-hydrogen) atoms. The lowest BCUT2D eigenvalue weighted by Crippen LogP contribution is -2.63. The predicted octanol–water partition coefficient (Wildman–Crippen LogP) is 8.42. The van der Waals surface area contributed by atoms with Gasteiger partial charge in [-0.15, -0.1) is 0 Å². The van der Waals surface area contributed by atoms with Gasteiger partial charge in [0.15, 0.2) is 24.6 Å². The molecule has 0 spiro atoms. The summed E-state index contributed by atoms with van der Waals surface area (Å²) in [7, 11) is 0. The van der Waals surface area contributed by atoms with Crippen LogP contribution in [0.4, 0.5) is 0 Å². The zero-order valence-electron chi connectivity index (χ0n) is 34.4. The first-order chi connectivity index (χ1) is 28.4. The second kappa shape index (κ2) is 16.5. The number of hydrogen-bond donors (Lipinski definition) is 2. The van der Waals surface area contributed by atoms with Crippen molar-refractivity contribution >= 4 is 23.6 Å². The minimum Gasteiger partial charge on any atom is -0.452 e. The molecule has 3 aromatic rings. The van der Waals surface area contributed by atoms with Crippen molar-refractivity contribution in [2.45, 2.75) is 128 Å². The molecule has 3 aromatic carbocycles. The van der Waals surface area contributed by atoms with E-state index in [4.69, 9.17) is 23.7 Å². The van der Waals surface area contributed by atoms with Crippen LogP contribution in [0.1, 0.15) is 117 Å². The molecule has 0 amide bonds. The summed E-state index contributed by atoms with van der Waals surface area (Å²) in [6, 6.07) is 25.6. The molecule has 11 heteroatoms. The van der Waals surface area contributed by atoms with Crippen molar-refractivity contribution in [3.05, 3.63) is 108 Å². The van der Waals surface area contributed by atoms with Crippen molar-refractivity contribution in [1.29, 1.82) is 0 Å². The minimum atomic E-state index is -1.30. The molecule has 0 radical (unpaired) electrons. The Labute approximate surface area is 346 Å². The third kappa shape index (κ3) is 7.48. The number of fused-ring (bicyclic) bond motifs is 5. The highest BCUT2D eigenvalue weighted by Gasteiger charge is 2.68. The van der Waals surface area contributed by atoms with Crippen LogP contribution in [-0.4, -0.2) is 76.3 Å². The van der Waals surface area contributed by atoms with E-state index in [-0.39, 0.29) is 34.3 Å². The van der Waals surface area contributed by atoms with Gasteiger partial charge in [0.25, 0.3) is 0 Å². The van der Waals surface area contributed by atoms with Crippen LogP contribution in [-0.2, 0) is 23.7 Å². The Balaban J connectivity index is 1.06. The lowest BCUT2D eigenvalue weighted by atomic mass is 9.43. The van der Waals surface area contributed by atoms with Gasteiger partial charge in [-0.1, -0.05) is 73.6 Å². The molecule has 5 aliphatic rings. The lowest BCUT2D eigenvalue weighted by molar-refractivity contribution is -0.308. The molecule has 2 N–H and O–H groups in total. The van der Waals surface area contributed by atoms with Gasteiger partial charge in [-0.25, -0.2) is 14.4 Å². The number of esters is 3. The van der Waals surface area contributed by atoms with Gasteiger partial charge in [0, 0.05) is 11.3 Å². The van der Waals surface area contributed by atoms with Crippen molar-refractivity contribution in [2.24, 2.45) is 39.7 Å². The molecule has 0 aromatic heterocycles. The van der Waals surface area contributed by atoms with Crippen molar-refractivity contribution in [2.75, 3.05) is 0 Å². The highest BCUT2D eigenvalue weighted by Crippen LogP contribution is 2.69. The molecule has 13 atom stereocenters. The largest absolute Gasteiger partial charge is 0.452 e. The highest BCUT2D eigenvalue weighted by molar-refractivity contribution is 5.91. The van der Waals surface area contributed by atoms with E-state index in [1.807, 2.05) is 6.92 Å². The summed E-state index contributed by atoms with van der Waals surface area (Å²) < 4.78 is 31.9. The van der Waals surface area contributed by atoms with Gasteiger partial charge in [-0.2, -0.15) is 0 Å². The van der Waals surface area contributed by atoms with Crippen LogP contribution < -0.4 is 0 Å². The maximum atomic E-state index is 13.8. The van der Waals surface area contributed by atoms with Crippen LogP contribution >= 0.6 is 0 Å². The number of nitrogens with zero attached hydrogens (tertiary/aromatic N) is 1. The Morgan fingerprint density at radius 1 is 0.678 bits per heavy atom. The second-order valence-electron chi connectivity index (χ2n) is 18.2. The maximum absolute atomic E-state index is 13.8. The summed E-state index contributed by atoms with van der Waals surface area (Å²) in [5.74, 6) is -1.08. The summed E-state index contributed by atoms with van der Waals surface area (Å²) in [4.78, 5) is 41.2. The topological polar surface area (TPSA) is 150 Å². The molecule has 5 fully saturated rings. The summed E-state index contributed by atoms with van der Waals surface area (Å²) >= 11 is 0. The fourth-order valence-electron chi connectivity index (χ4n) is 12.0. The summed E-state index contributed by atoms with van der Waals surface area (Å²) in [5.41, 5.74) is 0.432. The van der Waals surface area contributed by atoms with Gasteiger partial charge in [0.1, 0.15) is 0 Å². The van der Waals surface area contributed by atoms with Crippen molar-refractivity contribution < 1.29 is 48.4 Å². The Morgan fingerprint density at radius 3 is 1.78 bits per heavy atom.